The minimum Gasteiger partial charge on any atom is -0.493 e. The van der Waals surface area contributed by atoms with E-state index in [0.29, 0.717) is 60.8 Å². The van der Waals surface area contributed by atoms with Crippen LogP contribution in [0.4, 0.5) is 27.9 Å². The van der Waals surface area contributed by atoms with Crippen LogP contribution in [-0.4, -0.2) is 73.6 Å². The lowest BCUT2D eigenvalue weighted by Crippen LogP contribution is -2.50. The van der Waals surface area contributed by atoms with Gasteiger partial charge in [-0.2, -0.15) is 0 Å². The van der Waals surface area contributed by atoms with E-state index in [4.69, 9.17) is 14.2 Å². The van der Waals surface area contributed by atoms with Gasteiger partial charge < -0.3 is 34.6 Å². The average molecular weight is 480 g/mol. The molecule has 11 heteroatoms. The summed E-state index contributed by atoms with van der Waals surface area (Å²) in [7, 11) is 4.60. The Morgan fingerprint density at radius 1 is 0.886 bits per heavy atom. The molecule has 1 fully saturated rings. The Labute approximate surface area is 204 Å². The molecule has 1 aliphatic heterocycles. The summed E-state index contributed by atoms with van der Waals surface area (Å²) >= 11 is 0. The van der Waals surface area contributed by atoms with Gasteiger partial charge in [0.2, 0.25) is 5.75 Å². The van der Waals surface area contributed by atoms with Crippen LogP contribution in [0.1, 0.15) is 5.56 Å². The van der Waals surface area contributed by atoms with Crippen LogP contribution in [0.5, 0.6) is 17.2 Å². The van der Waals surface area contributed by atoms with E-state index in [1.165, 1.54) is 21.3 Å². The third-order valence-electron chi connectivity index (χ3n) is 5.62. The number of carbonyl (C=O) groups is 1. The predicted octanol–water partition coefficient (Wildman–Crippen LogP) is 3.30. The molecule has 0 atom stereocenters. The molecule has 2 aromatic heterocycles. The van der Waals surface area contributed by atoms with Crippen LogP contribution in [0.15, 0.2) is 42.6 Å². The summed E-state index contributed by atoms with van der Waals surface area (Å²) < 4.78 is 16.0. The van der Waals surface area contributed by atoms with Gasteiger partial charge in [0.25, 0.3) is 0 Å². The highest BCUT2D eigenvalue weighted by atomic mass is 16.5. The fraction of sp³-hybridized carbons (Fsp3) is 0.333. The van der Waals surface area contributed by atoms with Crippen LogP contribution in [-0.2, 0) is 0 Å². The summed E-state index contributed by atoms with van der Waals surface area (Å²) in [4.78, 5) is 21.0. The maximum Gasteiger partial charge on any atom is 0.321 e. The topological polar surface area (TPSA) is 114 Å². The minimum absolute atomic E-state index is 0.199. The summed E-state index contributed by atoms with van der Waals surface area (Å²) in [5, 5.41) is 14.6. The van der Waals surface area contributed by atoms with Gasteiger partial charge in [0.05, 0.1) is 27.0 Å². The molecule has 0 saturated carbocycles. The van der Waals surface area contributed by atoms with Gasteiger partial charge >= 0.3 is 6.03 Å². The average Bonchev–Trinajstić information content (AvgIpc) is 2.90. The molecular weight excluding hydrogens is 450 g/mol. The Hall–Kier alpha value is -4.28. The Bertz CT molecular complexity index is 1120. The largest absolute Gasteiger partial charge is 0.493 e. The first-order valence-corrected chi connectivity index (χ1v) is 11.1. The van der Waals surface area contributed by atoms with E-state index in [9.17, 15) is 4.79 Å². The van der Waals surface area contributed by atoms with E-state index in [1.54, 1.807) is 23.2 Å². The number of nitrogens with one attached hydrogen (secondary N) is 2. The van der Waals surface area contributed by atoms with Crippen molar-refractivity contribution in [2.75, 3.05) is 63.0 Å². The van der Waals surface area contributed by atoms with Crippen molar-refractivity contribution in [1.82, 2.24) is 20.1 Å². The number of amides is 2. The first kappa shape index (κ1) is 23.9. The SMILES string of the molecule is COc1cc(NC(=O)N2CCN(c3ccc(Nc4ccc(C)cn4)nn3)CC2)cc(OC)c1OC. The second-order valence-corrected chi connectivity index (χ2v) is 7.94. The second-order valence-electron chi connectivity index (χ2n) is 7.94. The van der Waals surface area contributed by atoms with E-state index in [1.807, 2.05) is 31.2 Å². The molecular formula is C24H29N7O4. The van der Waals surface area contributed by atoms with Crippen molar-refractivity contribution in [2.45, 2.75) is 6.92 Å². The molecule has 1 aliphatic rings. The zero-order valence-corrected chi connectivity index (χ0v) is 20.2. The maximum absolute atomic E-state index is 12.8. The Morgan fingerprint density at radius 3 is 2.11 bits per heavy atom. The molecule has 0 radical (unpaired) electrons. The molecule has 0 aliphatic carbocycles. The lowest BCUT2D eigenvalue weighted by Gasteiger charge is -2.35. The molecule has 0 unspecified atom stereocenters. The van der Waals surface area contributed by atoms with Crippen molar-refractivity contribution in [2.24, 2.45) is 0 Å². The number of methoxy groups -OCH3 is 3. The summed E-state index contributed by atoms with van der Waals surface area (Å²) in [6.07, 6.45) is 1.79. The van der Waals surface area contributed by atoms with Gasteiger partial charge in [0.1, 0.15) is 5.82 Å². The fourth-order valence-corrected chi connectivity index (χ4v) is 3.73. The van der Waals surface area contributed by atoms with Gasteiger partial charge in [-0.05, 0) is 30.7 Å². The normalized spacial score (nSPS) is 13.3. The van der Waals surface area contributed by atoms with E-state index in [0.717, 1.165) is 11.4 Å². The number of carbonyl (C=O) groups excluding carboxylic acids is 1. The summed E-state index contributed by atoms with van der Waals surface area (Å²) in [5.74, 6) is 3.51. The van der Waals surface area contributed by atoms with Crippen LogP contribution in [0, 0.1) is 6.92 Å². The van der Waals surface area contributed by atoms with Crippen molar-refractivity contribution >= 4 is 29.2 Å². The number of hydrogen-bond donors (Lipinski definition) is 2. The van der Waals surface area contributed by atoms with Gasteiger partial charge in [0, 0.05) is 44.5 Å². The lowest BCUT2D eigenvalue weighted by atomic mass is 10.2. The summed E-state index contributed by atoms with van der Waals surface area (Å²) in [6, 6.07) is 10.9. The van der Waals surface area contributed by atoms with Crippen LogP contribution in [0.2, 0.25) is 0 Å². The van der Waals surface area contributed by atoms with Gasteiger partial charge in [0.15, 0.2) is 23.1 Å². The van der Waals surface area contributed by atoms with Crippen molar-refractivity contribution in [3.63, 3.8) is 0 Å². The van der Waals surface area contributed by atoms with E-state index in [2.05, 4.69) is 30.7 Å². The van der Waals surface area contributed by atoms with Crippen LogP contribution < -0.4 is 29.7 Å². The number of urea groups is 1. The molecule has 4 rings (SSSR count). The second kappa shape index (κ2) is 10.8. The number of benzene rings is 1. The van der Waals surface area contributed by atoms with Crippen molar-refractivity contribution in [1.29, 1.82) is 0 Å². The van der Waals surface area contributed by atoms with Gasteiger partial charge in [-0.25, -0.2) is 9.78 Å². The van der Waals surface area contributed by atoms with Gasteiger partial charge in [-0.3, -0.25) is 0 Å². The van der Waals surface area contributed by atoms with Gasteiger partial charge in [-0.15, -0.1) is 10.2 Å². The highest BCUT2D eigenvalue weighted by Gasteiger charge is 2.23. The number of hydrogen-bond acceptors (Lipinski definition) is 9. The van der Waals surface area contributed by atoms with Crippen molar-refractivity contribution < 1.29 is 19.0 Å². The molecule has 1 aromatic carbocycles. The molecule has 11 nitrogen and oxygen atoms in total. The molecule has 3 aromatic rings. The fourth-order valence-electron chi connectivity index (χ4n) is 3.73. The highest BCUT2D eigenvalue weighted by molar-refractivity contribution is 5.90. The first-order chi connectivity index (χ1) is 17.0. The molecule has 2 N–H and O–H groups in total. The van der Waals surface area contributed by atoms with Crippen LogP contribution in [0.25, 0.3) is 0 Å². The van der Waals surface area contributed by atoms with E-state index in [-0.39, 0.29) is 6.03 Å². The molecule has 1 saturated heterocycles. The van der Waals surface area contributed by atoms with Crippen LogP contribution >= 0.6 is 0 Å². The predicted molar refractivity (Wildman–Crippen MR) is 133 cm³/mol. The number of ether oxygens (including phenoxy) is 3. The molecule has 0 bridgehead atoms. The zero-order chi connectivity index (χ0) is 24.8. The highest BCUT2D eigenvalue weighted by Crippen LogP contribution is 2.40. The Morgan fingerprint density at radius 2 is 1.57 bits per heavy atom. The summed E-state index contributed by atoms with van der Waals surface area (Å²) in [6.45, 7) is 4.37. The summed E-state index contributed by atoms with van der Waals surface area (Å²) in [5.41, 5.74) is 1.65. The molecule has 3 heterocycles. The lowest BCUT2D eigenvalue weighted by molar-refractivity contribution is 0.208. The molecule has 184 valence electrons. The minimum atomic E-state index is -0.199. The molecule has 35 heavy (non-hydrogen) atoms. The standard InChI is InChI=1S/C24H29N7O4/c1-16-5-6-20(25-15-16)27-21-7-8-22(29-28-21)30-9-11-31(12-10-30)24(32)26-17-13-18(33-2)23(35-4)19(14-17)34-3/h5-8,13-15H,9-12H2,1-4H3,(H,26,32)(H,25,27,28). The number of aryl methyl sites for hydroxylation is 1. The number of piperazine rings is 1. The smallest absolute Gasteiger partial charge is 0.321 e. The van der Waals surface area contributed by atoms with Crippen molar-refractivity contribution in [3.8, 4) is 17.2 Å². The molecule has 2 amide bonds. The monoisotopic (exact) mass is 479 g/mol. The Kier molecular flexibility index (Phi) is 7.34. The number of anilines is 4. The zero-order valence-electron chi connectivity index (χ0n) is 20.2. The number of aromatic nitrogens is 3. The van der Waals surface area contributed by atoms with E-state index >= 15 is 0 Å². The quantitative estimate of drug-likeness (QED) is 0.527. The van der Waals surface area contributed by atoms with Crippen molar-refractivity contribution in [3.05, 3.63) is 48.2 Å². The third kappa shape index (κ3) is 5.62. The first-order valence-electron chi connectivity index (χ1n) is 11.1. The van der Waals surface area contributed by atoms with Gasteiger partial charge in [-0.1, -0.05) is 6.07 Å². The number of pyridine rings is 1. The Balaban J connectivity index is 1.33. The number of rotatable bonds is 7. The van der Waals surface area contributed by atoms with E-state index < -0.39 is 0 Å². The third-order valence-corrected chi connectivity index (χ3v) is 5.62. The van der Waals surface area contributed by atoms with Crippen LogP contribution in [0.3, 0.4) is 0 Å². The maximum atomic E-state index is 12.8. The number of nitrogens with zero attached hydrogens (tertiary/aromatic N) is 5. The molecule has 0 spiro atoms.